The number of aromatic nitrogens is 2. The van der Waals surface area contributed by atoms with Crippen molar-refractivity contribution in [3.63, 3.8) is 0 Å². The summed E-state index contributed by atoms with van der Waals surface area (Å²) in [6.45, 7) is 0. The first-order valence-electron chi connectivity index (χ1n) is 4.69. The molecule has 84 valence electrons. The Labute approximate surface area is 93.6 Å². The zero-order valence-corrected chi connectivity index (χ0v) is 9.24. The van der Waals surface area contributed by atoms with Gasteiger partial charge in [0.25, 0.3) is 0 Å². The Kier molecular flexibility index (Phi) is 2.91. The molecule has 0 aliphatic rings. The topological polar surface area (TPSA) is 74.8 Å². The summed E-state index contributed by atoms with van der Waals surface area (Å²) < 4.78 is 25.9. The van der Waals surface area contributed by atoms with Gasteiger partial charge in [0.1, 0.15) is 0 Å². The Balaban J connectivity index is 2.09. The number of aromatic amines is 1. The third-order valence-electron chi connectivity index (χ3n) is 1.97. The molecule has 0 saturated heterocycles. The molecule has 2 N–H and O–H groups in total. The van der Waals surface area contributed by atoms with Crippen molar-refractivity contribution in [2.24, 2.45) is 0 Å². The molecular formula is C10H11N3O2S. The van der Waals surface area contributed by atoms with Gasteiger partial charge in [-0.25, -0.2) is 8.42 Å². The number of anilines is 1. The van der Waals surface area contributed by atoms with Crippen LogP contribution < -0.4 is 4.72 Å². The summed E-state index contributed by atoms with van der Waals surface area (Å²) in [5, 5.41) is 6.20. The van der Waals surface area contributed by atoms with Crippen LogP contribution in [0.15, 0.2) is 42.7 Å². The zero-order valence-electron chi connectivity index (χ0n) is 8.42. The van der Waals surface area contributed by atoms with E-state index in [9.17, 15) is 8.42 Å². The predicted octanol–water partition coefficient (Wildman–Crippen LogP) is 1.35. The van der Waals surface area contributed by atoms with Gasteiger partial charge in [-0.3, -0.25) is 9.82 Å². The highest BCUT2D eigenvalue weighted by molar-refractivity contribution is 7.91. The third kappa shape index (κ3) is 2.83. The molecule has 1 heterocycles. The van der Waals surface area contributed by atoms with E-state index < -0.39 is 10.0 Å². The van der Waals surface area contributed by atoms with E-state index in [0.717, 1.165) is 5.56 Å². The zero-order chi connectivity index (χ0) is 11.4. The Bertz CT molecular complexity index is 535. The highest BCUT2D eigenvalue weighted by atomic mass is 32.2. The molecule has 5 nitrogen and oxygen atoms in total. The van der Waals surface area contributed by atoms with Gasteiger partial charge in [-0.1, -0.05) is 30.3 Å². The number of hydrogen-bond acceptors (Lipinski definition) is 3. The summed E-state index contributed by atoms with van der Waals surface area (Å²) >= 11 is 0. The molecule has 0 fully saturated rings. The predicted molar refractivity (Wildman–Crippen MR) is 61.3 cm³/mol. The van der Waals surface area contributed by atoms with Crippen LogP contribution in [0.4, 0.5) is 5.69 Å². The Hall–Kier alpha value is -1.82. The second-order valence-corrected chi connectivity index (χ2v) is 5.06. The normalized spacial score (nSPS) is 11.2. The van der Waals surface area contributed by atoms with E-state index in [-0.39, 0.29) is 5.75 Å². The Morgan fingerprint density at radius 3 is 2.62 bits per heavy atom. The lowest BCUT2D eigenvalue weighted by molar-refractivity contribution is 0.600. The van der Waals surface area contributed by atoms with Gasteiger partial charge in [0.05, 0.1) is 17.6 Å². The summed E-state index contributed by atoms with van der Waals surface area (Å²) in [5.41, 5.74) is 1.19. The first-order valence-corrected chi connectivity index (χ1v) is 6.34. The summed E-state index contributed by atoms with van der Waals surface area (Å²) in [6, 6.07) is 9.01. The maximum Gasteiger partial charge on any atom is 0.237 e. The van der Waals surface area contributed by atoms with Crippen LogP contribution >= 0.6 is 0 Å². The average Bonchev–Trinajstić information content (AvgIpc) is 2.70. The van der Waals surface area contributed by atoms with Gasteiger partial charge >= 0.3 is 0 Å². The fraction of sp³-hybridized carbons (Fsp3) is 0.100. The number of nitrogens with one attached hydrogen (secondary N) is 2. The summed E-state index contributed by atoms with van der Waals surface area (Å²) in [4.78, 5) is 0. The number of rotatable bonds is 4. The van der Waals surface area contributed by atoms with Gasteiger partial charge in [0.2, 0.25) is 10.0 Å². The number of nitrogens with zero attached hydrogens (tertiary/aromatic N) is 1. The molecule has 0 unspecified atom stereocenters. The number of hydrogen-bond donors (Lipinski definition) is 2. The standard InChI is InChI=1S/C10H11N3O2S/c14-16(15,13-10-6-11-12-7-10)8-9-4-2-1-3-5-9/h1-7,13H,8H2,(H,11,12). The summed E-state index contributed by atoms with van der Waals surface area (Å²) in [5.74, 6) is -0.0426. The first-order chi connectivity index (χ1) is 7.66. The molecule has 0 radical (unpaired) electrons. The van der Waals surface area contributed by atoms with Gasteiger partial charge < -0.3 is 0 Å². The minimum Gasteiger partial charge on any atom is -0.284 e. The van der Waals surface area contributed by atoms with E-state index in [1.54, 1.807) is 12.1 Å². The maximum atomic E-state index is 11.7. The molecule has 0 spiro atoms. The lowest BCUT2D eigenvalue weighted by atomic mass is 10.2. The lowest BCUT2D eigenvalue weighted by Crippen LogP contribution is -2.14. The minimum atomic E-state index is -3.37. The second kappa shape index (κ2) is 4.36. The van der Waals surface area contributed by atoms with E-state index in [4.69, 9.17) is 0 Å². The van der Waals surface area contributed by atoms with Gasteiger partial charge in [0.15, 0.2) is 0 Å². The van der Waals surface area contributed by atoms with Crippen molar-refractivity contribution in [1.29, 1.82) is 0 Å². The fourth-order valence-corrected chi connectivity index (χ4v) is 2.49. The highest BCUT2D eigenvalue weighted by Gasteiger charge is 2.11. The molecule has 0 saturated carbocycles. The molecule has 0 aliphatic carbocycles. The molecule has 16 heavy (non-hydrogen) atoms. The molecule has 0 bridgehead atoms. The van der Waals surface area contributed by atoms with Crippen LogP contribution in [0.2, 0.25) is 0 Å². The van der Waals surface area contributed by atoms with Crippen LogP contribution in [-0.2, 0) is 15.8 Å². The Morgan fingerprint density at radius 2 is 2.00 bits per heavy atom. The molecule has 0 aliphatic heterocycles. The van der Waals surface area contributed by atoms with Crippen molar-refractivity contribution in [1.82, 2.24) is 10.2 Å². The number of benzene rings is 1. The molecule has 6 heteroatoms. The van der Waals surface area contributed by atoms with E-state index in [1.807, 2.05) is 18.2 Å². The van der Waals surface area contributed by atoms with E-state index in [1.165, 1.54) is 12.4 Å². The maximum absolute atomic E-state index is 11.7. The monoisotopic (exact) mass is 237 g/mol. The van der Waals surface area contributed by atoms with Crippen LogP contribution in [0.1, 0.15) is 5.56 Å². The molecule has 1 aromatic heterocycles. The molecule has 0 atom stereocenters. The van der Waals surface area contributed by atoms with Gasteiger partial charge in [-0.2, -0.15) is 5.10 Å². The molecule has 2 aromatic rings. The van der Waals surface area contributed by atoms with Crippen LogP contribution in [-0.4, -0.2) is 18.6 Å². The van der Waals surface area contributed by atoms with Crippen molar-refractivity contribution < 1.29 is 8.42 Å². The van der Waals surface area contributed by atoms with Crippen molar-refractivity contribution in [3.8, 4) is 0 Å². The Morgan fingerprint density at radius 1 is 1.25 bits per heavy atom. The fourth-order valence-electron chi connectivity index (χ4n) is 1.32. The first kappa shape index (κ1) is 10.7. The third-order valence-corrected chi connectivity index (χ3v) is 3.23. The summed E-state index contributed by atoms with van der Waals surface area (Å²) in [7, 11) is -3.37. The quantitative estimate of drug-likeness (QED) is 0.842. The van der Waals surface area contributed by atoms with Crippen molar-refractivity contribution in [3.05, 3.63) is 48.3 Å². The number of H-pyrrole nitrogens is 1. The SMILES string of the molecule is O=S(=O)(Cc1ccccc1)Nc1cn[nH]c1. The average molecular weight is 237 g/mol. The van der Waals surface area contributed by atoms with E-state index in [0.29, 0.717) is 5.69 Å². The molecule has 2 rings (SSSR count). The van der Waals surface area contributed by atoms with Gasteiger partial charge in [-0.05, 0) is 5.56 Å². The van der Waals surface area contributed by atoms with E-state index in [2.05, 4.69) is 14.9 Å². The molecular weight excluding hydrogens is 226 g/mol. The summed E-state index contributed by atoms with van der Waals surface area (Å²) in [6.07, 6.45) is 2.91. The smallest absolute Gasteiger partial charge is 0.237 e. The largest absolute Gasteiger partial charge is 0.284 e. The van der Waals surface area contributed by atoms with Crippen molar-refractivity contribution in [2.45, 2.75) is 5.75 Å². The van der Waals surface area contributed by atoms with Crippen LogP contribution in [0.25, 0.3) is 0 Å². The molecule has 1 aromatic carbocycles. The van der Waals surface area contributed by atoms with E-state index >= 15 is 0 Å². The van der Waals surface area contributed by atoms with Crippen LogP contribution in [0, 0.1) is 0 Å². The lowest BCUT2D eigenvalue weighted by Gasteiger charge is -2.05. The second-order valence-electron chi connectivity index (χ2n) is 3.33. The minimum absolute atomic E-state index is 0.0426. The highest BCUT2D eigenvalue weighted by Crippen LogP contribution is 2.10. The molecule has 0 amide bonds. The van der Waals surface area contributed by atoms with Crippen LogP contribution in [0.5, 0.6) is 0 Å². The van der Waals surface area contributed by atoms with Gasteiger partial charge in [-0.15, -0.1) is 0 Å². The number of sulfonamides is 1. The van der Waals surface area contributed by atoms with Crippen molar-refractivity contribution in [2.75, 3.05) is 4.72 Å². The van der Waals surface area contributed by atoms with Gasteiger partial charge in [0, 0.05) is 6.20 Å². The van der Waals surface area contributed by atoms with Crippen molar-refractivity contribution >= 4 is 15.7 Å². The van der Waals surface area contributed by atoms with Crippen LogP contribution in [0.3, 0.4) is 0 Å².